The molecule has 1 aromatic heterocycles. The summed E-state index contributed by atoms with van der Waals surface area (Å²) in [6, 6.07) is 12.2. The van der Waals surface area contributed by atoms with Gasteiger partial charge in [0.15, 0.2) is 16.3 Å². The van der Waals surface area contributed by atoms with Crippen molar-refractivity contribution in [3.05, 3.63) is 84.5 Å². The van der Waals surface area contributed by atoms with Gasteiger partial charge in [-0.2, -0.15) is 0 Å². The Labute approximate surface area is 225 Å². The molecule has 200 valence electrons. The Balaban J connectivity index is 1.93. The Morgan fingerprint density at radius 1 is 1.13 bits per heavy atom. The predicted octanol–water partition coefficient (Wildman–Crippen LogP) is 3.99. The molecule has 3 aromatic rings. The molecule has 0 radical (unpaired) electrons. The summed E-state index contributed by atoms with van der Waals surface area (Å²) >= 11 is 1.27. The van der Waals surface area contributed by atoms with Crippen molar-refractivity contribution in [1.82, 2.24) is 4.57 Å². The van der Waals surface area contributed by atoms with Crippen LogP contribution in [0.4, 0.5) is 0 Å². The maximum Gasteiger partial charge on any atom is 0.338 e. The summed E-state index contributed by atoms with van der Waals surface area (Å²) < 4.78 is 24.7. The van der Waals surface area contributed by atoms with E-state index in [2.05, 4.69) is 4.99 Å². The van der Waals surface area contributed by atoms with Crippen LogP contribution < -0.4 is 29.1 Å². The number of benzene rings is 2. The predicted molar refractivity (Wildman–Crippen MR) is 147 cm³/mol. The van der Waals surface area contributed by atoms with Crippen LogP contribution in [-0.2, 0) is 9.53 Å². The van der Waals surface area contributed by atoms with Gasteiger partial charge in [-0.3, -0.25) is 9.36 Å². The van der Waals surface area contributed by atoms with E-state index in [1.807, 2.05) is 63.2 Å². The number of carbonyl (C=O) groups is 1. The van der Waals surface area contributed by atoms with Crippen LogP contribution in [-0.4, -0.2) is 37.0 Å². The first-order valence-corrected chi connectivity index (χ1v) is 13.4. The lowest BCUT2D eigenvalue weighted by Gasteiger charge is -2.26. The van der Waals surface area contributed by atoms with Gasteiger partial charge in [-0.05, 0) is 64.5 Å². The number of carbonyl (C=O) groups excluding carboxylic acids is 1. The van der Waals surface area contributed by atoms with Gasteiger partial charge < -0.3 is 18.9 Å². The van der Waals surface area contributed by atoms with Gasteiger partial charge in [0.2, 0.25) is 0 Å². The van der Waals surface area contributed by atoms with Crippen molar-refractivity contribution in [3.63, 3.8) is 0 Å². The molecule has 1 atom stereocenters. The summed E-state index contributed by atoms with van der Waals surface area (Å²) in [5, 5.41) is 0. The fraction of sp³-hybridized carbons (Fsp3) is 0.345. The number of hydrogen-bond acceptors (Lipinski definition) is 8. The Morgan fingerprint density at radius 3 is 2.50 bits per heavy atom. The summed E-state index contributed by atoms with van der Waals surface area (Å²) in [5.41, 5.74) is 1.98. The first-order valence-electron chi connectivity index (χ1n) is 12.5. The van der Waals surface area contributed by atoms with Gasteiger partial charge in [0.1, 0.15) is 11.8 Å². The molecule has 0 fully saturated rings. The molecule has 0 amide bonds. The number of nitrogens with zero attached hydrogens (tertiary/aromatic N) is 2. The Hall–Kier alpha value is -3.85. The number of hydrogen-bond donors (Lipinski definition) is 0. The van der Waals surface area contributed by atoms with Gasteiger partial charge in [-0.25, -0.2) is 9.79 Å². The molecular weight excluding hydrogens is 504 g/mol. The Morgan fingerprint density at radius 2 is 1.87 bits per heavy atom. The molecular formula is C29H32N2O6S. The molecule has 0 bridgehead atoms. The number of fused-ring (bicyclic) bond motifs is 1. The van der Waals surface area contributed by atoms with Crippen LogP contribution in [0.3, 0.4) is 0 Å². The van der Waals surface area contributed by atoms with Crippen molar-refractivity contribution in [1.29, 1.82) is 0 Å². The highest BCUT2D eigenvalue weighted by Crippen LogP contribution is 2.40. The third-order valence-corrected chi connectivity index (χ3v) is 6.86. The Kier molecular flexibility index (Phi) is 8.36. The second kappa shape index (κ2) is 11.7. The normalized spacial score (nSPS) is 15.2. The second-order valence-corrected chi connectivity index (χ2v) is 9.86. The second-order valence-electron chi connectivity index (χ2n) is 8.85. The molecule has 0 saturated heterocycles. The molecule has 2 heterocycles. The van der Waals surface area contributed by atoms with Crippen LogP contribution in [0.5, 0.6) is 17.2 Å². The van der Waals surface area contributed by atoms with Gasteiger partial charge in [0.05, 0.1) is 42.2 Å². The lowest BCUT2D eigenvalue weighted by Crippen LogP contribution is -2.40. The molecule has 0 unspecified atom stereocenters. The van der Waals surface area contributed by atoms with Gasteiger partial charge >= 0.3 is 5.97 Å². The molecule has 0 N–H and O–H groups in total. The van der Waals surface area contributed by atoms with E-state index in [-0.39, 0.29) is 23.8 Å². The quantitative estimate of drug-likeness (QED) is 0.384. The monoisotopic (exact) mass is 536 g/mol. The van der Waals surface area contributed by atoms with Crippen LogP contribution >= 0.6 is 11.3 Å². The van der Waals surface area contributed by atoms with Crippen LogP contribution in [0.2, 0.25) is 0 Å². The van der Waals surface area contributed by atoms with Crippen molar-refractivity contribution in [2.75, 3.05) is 20.3 Å². The average molecular weight is 537 g/mol. The molecule has 1 aliphatic rings. The van der Waals surface area contributed by atoms with Crippen molar-refractivity contribution in [2.45, 2.75) is 46.8 Å². The van der Waals surface area contributed by atoms with Crippen LogP contribution in [0.25, 0.3) is 6.08 Å². The molecule has 8 nitrogen and oxygen atoms in total. The summed E-state index contributed by atoms with van der Waals surface area (Å²) in [6.07, 6.45) is 1.89. The molecule has 4 rings (SSSR count). The van der Waals surface area contributed by atoms with Crippen molar-refractivity contribution < 1.29 is 23.7 Å². The number of allylic oxidation sites excluding steroid dienone is 1. The minimum Gasteiger partial charge on any atom is -0.493 e. The van der Waals surface area contributed by atoms with Gasteiger partial charge in [0, 0.05) is 5.56 Å². The SMILES string of the molecule is CCOC(=O)C1=C(C)N=c2s/c(=C/c3ccc(OC(C)C)cc3)c(=O)n2[C@H]1c1cccc(OC)c1OCC. The first kappa shape index (κ1) is 27.2. The zero-order chi connectivity index (χ0) is 27.4. The van der Waals surface area contributed by atoms with Gasteiger partial charge in [-0.1, -0.05) is 35.6 Å². The van der Waals surface area contributed by atoms with Crippen molar-refractivity contribution >= 4 is 23.4 Å². The lowest BCUT2D eigenvalue weighted by molar-refractivity contribution is -0.139. The fourth-order valence-corrected chi connectivity index (χ4v) is 5.41. The lowest BCUT2D eigenvalue weighted by atomic mass is 9.94. The summed E-state index contributed by atoms with van der Waals surface area (Å²) in [5.74, 6) is 1.20. The van der Waals surface area contributed by atoms with Gasteiger partial charge in [0.25, 0.3) is 5.56 Å². The minimum atomic E-state index is -0.800. The van der Waals surface area contributed by atoms with Crippen LogP contribution in [0.1, 0.15) is 51.8 Å². The van der Waals surface area contributed by atoms with E-state index in [0.717, 1.165) is 11.3 Å². The van der Waals surface area contributed by atoms with E-state index in [9.17, 15) is 9.59 Å². The standard InChI is InChI=1S/C29H32N2O6S/c1-7-35-26-21(10-9-11-22(26)34-6)25-24(28(33)36-8-2)18(5)30-29-31(25)27(32)23(38-29)16-19-12-14-20(15-13-19)37-17(3)4/h9-17,25H,7-8H2,1-6H3/b23-16+/t25-/m0/s1. The van der Waals surface area contributed by atoms with Crippen molar-refractivity contribution in [2.24, 2.45) is 4.99 Å². The molecule has 0 spiro atoms. The number of esters is 1. The van der Waals surface area contributed by atoms with Crippen molar-refractivity contribution in [3.8, 4) is 17.2 Å². The van der Waals surface area contributed by atoms with E-state index in [1.54, 1.807) is 31.6 Å². The summed E-state index contributed by atoms with van der Waals surface area (Å²) in [6.45, 7) is 9.87. The van der Waals surface area contributed by atoms with E-state index >= 15 is 0 Å². The van der Waals surface area contributed by atoms with E-state index in [4.69, 9.17) is 18.9 Å². The topological polar surface area (TPSA) is 88.4 Å². The number of aromatic nitrogens is 1. The molecule has 1 aliphatic heterocycles. The van der Waals surface area contributed by atoms with E-state index in [0.29, 0.717) is 38.7 Å². The van der Waals surface area contributed by atoms with Gasteiger partial charge in [-0.15, -0.1) is 0 Å². The minimum absolute atomic E-state index is 0.0690. The maximum absolute atomic E-state index is 13.9. The zero-order valence-electron chi connectivity index (χ0n) is 22.4. The zero-order valence-corrected chi connectivity index (χ0v) is 23.3. The smallest absolute Gasteiger partial charge is 0.338 e. The van der Waals surface area contributed by atoms with Crippen LogP contribution in [0.15, 0.2) is 63.5 Å². The third-order valence-electron chi connectivity index (χ3n) is 5.88. The third kappa shape index (κ3) is 5.38. The number of methoxy groups -OCH3 is 1. The number of thiazole rings is 1. The molecule has 2 aromatic carbocycles. The largest absolute Gasteiger partial charge is 0.493 e. The molecule has 9 heteroatoms. The first-order chi connectivity index (χ1) is 18.3. The summed E-state index contributed by atoms with van der Waals surface area (Å²) in [4.78, 5) is 32.2. The molecule has 0 saturated carbocycles. The summed E-state index contributed by atoms with van der Waals surface area (Å²) in [7, 11) is 1.55. The fourth-order valence-electron chi connectivity index (χ4n) is 4.36. The average Bonchev–Trinajstić information content (AvgIpc) is 3.18. The van der Waals surface area contributed by atoms with Crippen LogP contribution in [0, 0.1) is 0 Å². The maximum atomic E-state index is 13.9. The highest BCUT2D eigenvalue weighted by atomic mass is 32.1. The molecule has 0 aliphatic carbocycles. The highest BCUT2D eigenvalue weighted by molar-refractivity contribution is 7.07. The van der Waals surface area contributed by atoms with E-state index < -0.39 is 12.0 Å². The molecule has 38 heavy (non-hydrogen) atoms. The van der Waals surface area contributed by atoms with E-state index in [1.165, 1.54) is 11.3 Å². The number of rotatable bonds is 9. The Bertz CT molecular complexity index is 1530. The highest BCUT2D eigenvalue weighted by Gasteiger charge is 2.35. The number of para-hydroxylation sites is 1. The number of ether oxygens (including phenoxy) is 4.